The number of carboxylic acids is 1. The second-order valence-electron chi connectivity index (χ2n) is 9.19. The van der Waals surface area contributed by atoms with Crippen LogP contribution in [0.3, 0.4) is 0 Å². The normalized spacial score (nSPS) is 13.7. The number of nitrogens with one attached hydrogen (secondary N) is 2. The quantitative estimate of drug-likeness (QED) is 0.171. The Morgan fingerprint density at radius 1 is 1.00 bits per heavy atom. The van der Waals surface area contributed by atoms with E-state index in [4.69, 9.17) is 10.5 Å². The van der Waals surface area contributed by atoms with Gasteiger partial charge in [0.15, 0.2) is 0 Å². The van der Waals surface area contributed by atoms with Crippen molar-refractivity contribution in [2.24, 2.45) is 10.7 Å². The highest BCUT2D eigenvalue weighted by Gasteiger charge is 2.29. The van der Waals surface area contributed by atoms with E-state index in [0.29, 0.717) is 0 Å². The first kappa shape index (κ1) is 27.6. The topological polar surface area (TPSA) is 160 Å². The number of carboxylic acid groups (broad SMARTS) is 1. The maximum absolute atomic E-state index is 12.5. The number of fused-ring (bicyclic) bond motifs is 3. The number of carbonyl (C=O) groups is 2. The molecule has 5 N–H and O–H groups in total. The van der Waals surface area contributed by atoms with E-state index < -0.39 is 28.1 Å². The lowest BCUT2D eigenvalue weighted by Gasteiger charge is -2.17. The van der Waals surface area contributed by atoms with Crippen molar-refractivity contribution in [1.82, 2.24) is 10.0 Å². The molecule has 0 bridgehead atoms. The first-order chi connectivity index (χ1) is 18.7. The average molecular weight is 551 g/mol. The summed E-state index contributed by atoms with van der Waals surface area (Å²) in [7, 11) is -3.88. The van der Waals surface area contributed by atoms with Crippen LogP contribution in [0.4, 0.5) is 4.79 Å². The zero-order valence-corrected chi connectivity index (χ0v) is 22.1. The minimum atomic E-state index is -3.88. The number of nitrogens with two attached hydrogens (primary N) is 1. The lowest BCUT2D eigenvalue weighted by molar-refractivity contribution is -0.139. The van der Waals surface area contributed by atoms with Crippen molar-refractivity contribution >= 4 is 28.0 Å². The summed E-state index contributed by atoms with van der Waals surface area (Å²) >= 11 is 0. The molecule has 1 amide bonds. The van der Waals surface area contributed by atoms with Gasteiger partial charge >= 0.3 is 12.1 Å². The van der Waals surface area contributed by atoms with E-state index in [1.807, 2.05) is 55.5 Å². The van der Waals surface area contributed by atoms with Crippen LogP contribution < -0.4 is 15.8 Å². The summed E-state index contributed by atoms with van der Waals surface area (Å²) in [6, 6.07) is 20.9. The van der Waals surface area contributed by atoms with Crippen LogP contribution in [0.2, 0.25) is 0 Å². The molecule has 3 aromatic rings. The molecule has 0 spiro atoms. The minimum Gasteiger partial charge on any atom is -0.480 e. The van der Waals surface area contributed by atoms with Crippen LogP contribution in [0, 0.1) is 6.92 Å². The van der Waals surface area contributed by atoms with Gasteiger partial charge in [0.1, 0.15) is 12.6 Å². The average Bonchev–Trinajstić information content (AvgIpc) is 3.22. The summed E-state index contributed by atoms with van der Waals surface area (Å²) in [6.07, 6.45) is -0.563. The van der Waals surface area contributed by atoms with Gasteiger partial charge in [-0.1, -0.05) is 66.2 Å². The molecule has 204 valence electrons. The van der Waals surface area contributed by atoms with Gasteiger partial charge in [0.2, 0.25) is 5.96 Å². The number of amides is 1. The third kappa shape index (κ3) is 6.74. The molecule has 11 heteroatoms. The number of guanidine groups is 1. The number of carbonyl (C=O) groups excluding carboxylic acids is 1. The molecule has 3 aromatic carbocycles. The maximum Gasteiger partial charge on any atom is 0.407 e. The number of aryl methyl sites for hydroxylation is 1. The highest BCUT2D eigenvalue weighted by atomic mass is 32.2. The molecule has 0 fully saturated rings. The number of aliphatic carboxylic acids is 1. The fraction of sp³-hybridized carbons (Fsp3) is 0.250. The molecule has 1 aliphatic rings. The first-order valence-electron chi connectivity index (χ1n) is 12.4. The molecule has 1 atom stereocenters. The summed E-state index contributed by atoms with van der Waals surface area (Å²) in [5, 5.41) is 11.9. The molecule has 0 heterocycles. The van der Waals surface area contributed by atoms with Gasteiger partial charge in [-0.3, -0.25) is 4.99 Å². The van der Waals surface area contributed by atoms with Crippen LogP contribution in [0.15, 0.2) is 82.7 Å². The molecule has 0 saturated heterocycles. The number of alkyl carbamates (subject to hydrolysis) is 1. The second kappa shape index (κ2) is 12.0. The second-order valence-corrected chi connectivity index (χ2v) is 10.9. The van der Waals surface area contributed by atoms with Gasteiger partial charge in [0, 0.05) is 12.5 Å². The van der Waals surface area contributed by atoms with E-state index in [2.05, 4.69) is 15.0 Å². The summed E-state index contributed by atoms with van der Waals surface area (Å²) < 4.78 is 32.4. The number of hydrogen-bond donors (Lipinski definition) is 4. The molecule has 1 aliphatic carbocycles. The van der Waals surface area contributed by atoms with Crippen LogP contribution in [-0.4, -0.2) is 50.7 Å². The van der Waals surface area contributed by atoms with Gasteiger partial charge in [-0.05, 0) is 54.2 Å². The lowest BCUT2D eigenvalue weighted by atomic mass is 9.98. The molecule has 0 saturated carbocycles. The maximum atomic E-state index is 12.5. The Morgan fingerprint density at radius 2 is 1.59 bits per heavy atom. The Morgan fingerprint density at radius 3 is 2.18 bits per heavy atom. The highest BCUT2D eigenvalue weighted by Crippen LogP contribution is 2.44. The molecular weight excluding hydrogens is 520 g/mol. The van der Waals surface area contributed by atoms with Crippen molar-refractivity contribution in [2.45, 2.75) is 36.6 Å². The highest BCUT2D eigenvalue weighted by molar-refractivity contribution is 7.90. The van der Waals surface area contributed by atoms with Gasteiger partial charge < -0.3 is 20.9 Å². The van der Waals surface area contributed by atoms with Crippen molar-refractivity contribution in [1.29, 1.82) is 0 Å². The van der Waals surface area contributed by atoms with Crippen molar-refractivity contribution in [2.75, 3.05) is 13.2 Å². The Bertz CT molecular complexity index is 1440. The number of benzene rings is 3. The van der Waals surface area contributed by atoms with Crippen molar-refractivity contribution in [3.05, 3.63) is 89.5 Å². The minimum absolute atomic E-state index is 0.0427. The van der Waals surface area contributed by atoms with E-state index >= 15 is 0 Å². The van der Waals surface area contributed by atoms with E-state index in [9.17, 15) is 23.1 Å². The fourth-order valence-corrected chi connectivity index (χ4v) is 5.43. The zero-order chi connectivity index (χ0) is 28.0. The summed E-state index contributed by atoms with van der Waals surface area (Å²) in [6.45, 7) is 1.96. The number of hydrogen-bond acceptors (Lipinski definition) is 6. The van der Waals surface area contributed by atoms with Crippen LogP contribution >= 0.6 is 0 Å². The predicted molar refractivity (Wildman–Crippen MR) is 147 cm³/mol. The summed E-state index contributed by atoms with van der Waals surface area (Å²) in [4.78, 5) is 28.2. The van der Waals surface area contributed by atoms with Gasteiger partial charge in [-0.15, -0.1) is 0 Å². The van der Waals surface area contributed by atoms with Gasteiger partial charge in [-0.25, -0.2) is 22.7 Å². The fourth-order valence-electron chi connectivity index (χ4n) is 4.48. The van der Waals surface area contributed by atoms with Crippen LogP contribution in [0.5, 0.6) is 0 Å². The van der Waals surface area contributed by atoms with Crippen molar-refractivity contribution < 1.29 is 27.9 Å². The standard InChI is InChI=1S/C28H30N4O6S/c1-18-12-14-19(15-13-18)39(36,37)32-27(29)30-16-6-11-25(26(33)34)31-28(35)38-17-24-22-9-4-2-7-20(22)21-8-3-5-10-23(21)24/h2-5,7-10,12-15,24-25H,6,11,16-17H2,1H3,(H,31,35)(H,33,34)(H3,29,30,32). The molecule has 0 radical (unpaired) electrons. The first-order valence-corrected chi connectivity index (χ1v) is 13.9. The number of nitrogens with zero attached hydrogens (tertiary/aromatic N) is 1. The van der Waals surface area contributed by atoms with E-state index in [1.165, 1.54) is 12.1 Å². The van der Waals surface area contributed by atoms with Gasteiger partial charge in [-0.2, -0.15) is 0 Å². The number of sulfonamides is 1. The third-order valence-electron chi connectivity index (χ3n) is 6.44. The monoisotopic (exact) mass is 550 g/mol. The Hall–Kier alpha value is -4.38. The molecule has 1 unspecified atom stereocenters. The predicted octanol–water partition coefficient (Wildman–Crippen LogP) is 3.36. The van der Waals surface area contributed by atoms with Crippen LogP contribution in [-0.2, 0) is 19.6 Å². The lowest BCUT2D eigenvalue weighted by Crippen LogP contribution is -2.41. The van der Waals surface area contributed by atoms with Gasteiger partial charge in [0.05, 0.1) is 4.90 Å². The van der Waals surface area contributed by atoms with E-state index in [0.717, 1.165) is 27.8 Å². The van der Waals surface area contributed by atoms with Crippen LogP contribution in [0.25, 0.3) is 11.1 Å². The summed E-state index contributed by atoms with van der Waals surface area (Å²) in [5.41, 5.74) is 10.9. The van der Waals surface area contributed by atoms with Crippen molar-refractivity contribution in [3.63, 3.8) is 0 Å². The van der Waals surface area contributed by atoms with Gasteiger partial charge in [0.25, 0.3) is 10.0 Å². The van der Waals surface area contributed by atoms with Crippen LogP contribution in [0.1, 0.15) is 35.4 Å². The smallest absolute Gasteiger partial charge is 0.407 e. The number of rotatable bonds is 10. The largest absolute Gasteiger partial charge is 0.480 e. The van der Waals surface area contributed by atoms with E-state index in [-0.39, 0.29) is 42.8 Å². The zero-order valence-electron chi connectivity index (χ0n) is 21.3. The van der Waals surface area contributed by atoms with E-state index in [1.54, 1.807) is 12.1 Å². The SMILES string of the molecule is Cc1ccc(S(=O)(=O)NC(N)=NCCCC(NC(=O)OCC2c3ccccc3-c3ccccc32)C(=O)O)cc1. The summed E-state index contributed by atoms with van der Waals surface area (Å²) in [5.74, 6) is -1.68. The third-order valence-corrected chi connectivity index (χ3v) is 7.81. The molecule has 0 aromatic heterocycles. The van der Waals surface area contributed by atoms with Crippen molar-refractivity contribution in [3.8, 4) is 11.1 Å². The Kier molecular flexibility index (Phi) is 8.50. The molecule has 0 aliphatic heterocycles. The number of aliphatic imine (C=N–C) groups is 1. The Balaban J connectivity index is 1.27. The number of ether oxygens (including phenoxy) is 1. The Labute approximate surface area is 227 Å². The molecular formula is C28H30N4O6S. The molecule has 4 rings (SSSR count). The molecule has 10 nitrogen and oxygen atoms in total. The molecule has 39 heavy (non-hydrogen) atoms.